The van der Waals surface area contributed by atoms with E-state index in [2.05, 4.69) is 21.2 Å². The Morgan fingerprint density at radius 3 is 2.59 bits per heavy atom. The number of nitrogens with one attached hydrogen (secondary N) is 1. The summed E-state index contributed by atoms with van der Waals surface area (Å²) in [5.74, 6) is -0.0918. The molecule has 6 heteroatoms. The molecule has 0 saturated carbocycles. The fourth-order valence-corrected chi connectivity index (χ4v) is 5.82. The number of ketones is 1. The van der Waals surface area contributed by atoms with E-state index < -0.39 is 15.2 Å². The van der Waals surface area contributed by atoms with Crippen LogP contribution >= 0.6 is 15.9 Å². The SMILES string of the molecule is Cc1cccc(Br)c1S(=O)(=O)C1NCC(=O)c2ccccc21. The molecule has 22 heavy (non-hydrogen) atoms. The third-order valence-corrected chi connectivity index (χ3v) is 6.83. The van der Waals surface area contributed by atoms with Gasteiger partial charge >= 0.3 is 0 Å². The monoisotopic (exact) mass is 379 g/mol. The zero-order chi connectivity index (χ0) is 15.9. The van der Waals surface area contributed by atoms with Gasteiger partial charge in [-0.15, -0.1) is 0 Å². The van der Waals surface area contributed by atoms with Crippen LogP contribution in [0.5, 0.6) is 0 Å². The number of halogens is 1. The van der Waals surface area contributed by atoms with Crippen LogP contribution in [0.15, 0.2) is 51.8 Å². The molecule has 1 N–H and O–H groups in total. The molecule has 1 atom stereocenters. The number of sulfone groups is 1. The Kier molecular flexibility index (Phi) is 3.92. The van der Waals surface area contributed by atoms with Crippen LogP contribution in [0.1, 0.15) is 26.9 Å². The third-order valence-electron chi connectivity index (χ3n) is 3.75. The molecule has 114 valence electrons. The van der Waals surface area contributed by atoms with E-state index in [4.69, 9.17) is 0 Å². The molecule has 0 spiro atoms. The largest absolute Gasteiger partial charge is 0.293 e. The fourth-order valence-electron chi connectivity index (χ4n) is 2.74. The highest BCUT2D eigenvalue weighted by Crippen LogP contribution is 2.36. The van der Waals surface area contributed by atoms with Crippen LogP contribution in [-0.4, -0.2) is 20.7 Å². The highest BCUT2D eigenvalue weighted by Gasteiger charge is 2.36. The number of carbonyl (C=O) groups excluding carboxylic acids is 1. The van der Waals surface area contributed by atoms with Gasteiger partial charge in [0.2, 0.25) is 0 Å². The molecule has 1 unspecified atom stereocenters. The number of rotatable bonds is 2. The van der Waals surface area contributed by atoms with Gasteiger partial charge in [0.15, 0.2) is 15.6 Å². The Morgan fingerprint density at radius 1 is 1.14 bits per heavy atom. The fraction of sp³-hybridized carbons (Fsp3) is 0.188. The van der Waals surface area contributed by atoms with Gasteiger partial charge in [0, 0.05) is 10.0 Å². The molecular weight excluding hydrogens is 366 g/mol. The first kappa shape index (κ1) is 15.4. The van der Waals surface area contributed by atoms with Crippen molar-refractivity contribution in [3.05, 3.63) is 63.6 Å². The molecular formula is C16H14BrNO3S. The summed E-state index contributed by atoms with van der Waals surface area (Å²) in [5, 5.41) is 1.94. The van der Waals surface area contributed by atoms with Gasteiger partial charge in [-0.25, -0.2) is 8.42 Å². The van der Waals surface area contributed by atoms with Crippen LogP contribution in [0.4, 0.5) is 0 Å². The molecule has 3 rings (SSSR count). The Balaban J connectivity index is 2.20. The quantitative estimate of drug-likeness (QED) is 0.870. The molecule has 0 aromatic heterocycles. The highest BCUT2D eigenvalue weighted by atomic mass is 79.9. The van der Waals surface area contributed by atoms with Crippen LogP contribution in [0.2, 0.25) is 0 Å². The highest BCUT2D eigenvalue weighted by molar-refractivity contribution is 9.10. The van der Waals surface area contributed by atoms with Crippen molar-refractivity contribution in [3.63, 3.8) is 0 Å². The lowest BCUT2D eigenvalue weighted by Crippen LogP contribution is -2.39. The number of fused-ring (bicyclic) bond motifs is 1. The van der Waals surface area contributed by atoms with E-state index in [-0.39, 0.29) is 17.2 Å². The molecule has 0 amide bonds. The summed E-state index contributed by atoms with van der Waals surface area (Å²) in [6.07, 6.45) is 0. The molecule has 2 aromatic rings. The van der Waals surface area contributed by atoms with E-state index in [0.29, 0.717) is 21.2 Å². The Hall–Kier alpha value is -1.50. The lowest BCUT2D eigenvalue weighted by Gasteiger charge is -2.26. The average molecular weight is 380 g/mol. The first-order valence-corrected chi connectivity index (χ1v) is 9.11. The second-order valence-electron chi connectivity index (χ2n) is 5.20. The molecule has 4 nitrogen and oxygen atoms in total. The van der Waals surface area contributed by atoms with Crippen molar-refractivity contribution in [2.45, 2.75) is 17.2 Å². The van der Waals surface area contributed by atoms with Gasteiger partial charge in [0.25, 0.3) is 0 Å². The van der Waals surface area contributed by atoms with Crippen LogP contribution in [-0.2, 0) is 9.84 Å². The summed E-state index contributed by atoms with van der Waals surface area (Å²) in [4.78, 5) is 12.2. The number of hydrogen-bond donors (Lipinski definition) is 1. The van der Waals surface area contributed by atoms with Gasteiger partial charge in [-0.3, -0.25) is 10.1 Å². The topological polar surface area (TPSA) is 63.2 Å². The van der Waals surface area contributed by atoms with Crippen molar-refractivity contribution in [1.29, 1.82) is 0 Å². The van der Waals surface area contributed by atoms with E-state index in [1.807, 2.05) is 0 Å². The second kappa shape index (κ2) is 5.61. The summed E-state index contributed by atoms with van der Waals surface area (Å²) in [6.45, 7) is 1.78. The van der Waals surface area contributed by atoms with Gasteiger partial charge in [-0.05, 0) is 40.0 Å². The Morgan fingerprint density at radius 2 is 1.86 bits per heavy atom. The van der Waals surface area contributed by atoms with E-state index in [0.717, 1.165) is 0 Å². The zero-order valence-electron chi connectivity index (χ0n) is 11.8. The van der Waals surface area contributed by atoms with Gasteiger partial charge in [0.05, 0.1) is 11.4 Å². The first-order chi connectivity index (χ1) is 10.4. The number of carbonyl (C=O) groups is 1. The van der Waals surface area contributed by atoms with Crippen molar-refractivity contribution in [1.82, 2.24) is 5.32 Å². The van der Waals surface area contributed by atoms with Gasteiger partial charge in [-0.1, -0.05) is 36.4 Å². The predicted octanol–water partition coefficient (Wildman–Crippen LogP) is 3.02. The van der Waals surface area contributed by atoms with E-state index in [1.54, 1.807) is 49.4 Å². The normalized spacial score (nSPS) is 18.1. The number of benzene rings is 2. The Labute approximate surface area is 137 Å². The maximum absolute atomic E-state index is 13.1. The summed E-state index contributed by atoms with van der Waals surface area (Å²) >= 11 is 3.33. The molecule has 0 saturated heterocycles. The van der Waals surface area contributed by atoms with Gasteiger partial charge in [-0.2, -0.15) is 0 Å². The van der Waals surface area contributed by atoms with Crippen LogP contribution in [0, 0.1) is 6.92 Å². The lowest BCUT2D eigenvalue weighted by molar-refractivity contribution is 0.0981. The first-order valence-electron chi connectivity index (χ1n) is 6.77. The summed E-state index contributed by atoms with van der Waals surface area (Å²) < 4.78 is 26.7. The number of Topliss-reactive ketones (excluding diaryl/α,β-unsaturated/α-hetero) is 1. The van der Waals surface area contributed by atoms with E-state index in [1.165, 1.54) is 0 Å². The van der Waals surface area contributed by atoms with Crippen LogP contribution in [0.3, 0.4) is 0 Å². The van der Waals surface area contributed by atoms with E-state index in [9.17, 15) is 13.2 Å². The molecule has 0 fully saturated rings. The minimum absolute atomic E-state index is 0.0183. The molecule has 0 bridgehead atoms. The van der Waals surface area contributed by atoms with E-state index >= 15 is 0 Å². The molecule has 0 aliphatic carbocycles. The number of hydrogen-bond acceptors (Lipinski definition) is 4. The molecule has 1 aliphatic heterocycles. The van der Waals surface area contributed by atoms with Crippen LogP contribution in [0.25, 0.3) is 0 Å². The summed E-state index contributed by atoms with van der Waals surface area (Å²) in [7, 11) is -3.67. The van der Waals surface area contributed by atoms with Gasteiger partial charge < -0.3 is 0 Å². The minimum Gasteiger partial charge on any atom is -0.293 e. The molecule has 0 radical (unpaired) electrons. The van der Waals surface area contributed by atoms with Crippen molar-refractivity contribution in [3.8, 4) is 0 Å². The van der Waals surface area contributed by atoms with Crippen molar-refractivity contribution in [2.75, 3.05) is 6.54 Å². The average Bonchev–Trinajstić information content (AvgIpc) is 2.47. The maximum Gasteiger partial charge on any atom is 0.199 e. The standard InChI is InChI=1S/C16H14BrNO3S/c1-10-5-4-8-13(17)15(10)22(20,21)16-12-7-3-2-6-11(12)14(19)9-18-16/h2-8,16,18H,9H2,1H3. The second-order valence-corrected chi connectivity index (χ2v) is 8.03. The predicted molar refractivity (Wildman–Crippen MR) is 87.6 cm³/mol. The Bertz CT molecular complexity index is 841. The van der Waals surface area contributed by atoms with Gasteiger partial charge in [0.1, 0.15) is 5.37 Å². The zero-order valence-corrected chi connectivity index (χ0v) is 14.2. The number of aryl methyl sites for hydroxylation is 1. The van der Waals surface area contributed by atoms with Crippen LogP contribution < -0.4 is 5.32 Å². The smallest absolute Gasteiger partial charge is 0.199 e. The molecule has 1 aliphatic rings. The van der Waals surface area contributed by atoms with Crippen molar-refractivity contribution < 1.29 is 13.2 Å². The summed E-state index contributed by atoms with van der Waals surface area (Å²) in [5.41, 5.74) is 1.65. The van der Waals surface area contributed by atoms with Crippen molar-refractivity contribution >= 4 is 31.6 Å². The lowest BCUT2D eigenvalue weighted by atomic mass is 10.0. The summed E-state index contributed by atoms with van der Waals surface area (Å²) in [6, 6.07) is 12.1. The van der Waals surface area contributed by atoms with Crippen molar-refractivity contribution in [2.24, 2.45) is 0 Å². The molecule has 2 aromatic carbocycles. The minimum atomic E-state index is -3.67. The third kappa shape index (κ3) is 2.41. The molecule has 1 heterocycles. The maximum atomic E-state index is 13.1.